The standard InChI is InChI=1S/C16H23N3/c1-4-8-13(2)16(17-3)15-11-12-19(18-15)14-9-6-5-7-10-14/h5-7,9-13,16-17H,4,8H2,1-3H3. The quantitative estimate of drug-likeness (QED) is 0.857. The zero-order valence-corrected chi connectivity index (χ0v) is 12.0. The molecule has 1 N–H and O–H groups in total. The highest BCUT2D eigenvalue weighted by Crippen LogP contribution is 2.24. The van der Waals surface area contributed by atoms with Crippen molar-refractivity contribution in [2.24, 2.45) is 5.92 Å². The fraction of sp³-hybridized carbons (Fsp3) is 0.438. The van der Waals surface area contributed by atoms with E-state index in [1.165, 1.54) is 12.8 Å². The second-order valence-electron chi connectivity index (χ2n) is 5.05. The molecule has 1 aromatic heterocycles. The number of aromatic nitrogens is 2. The van der Waals surface area contributed by atoms with Crippen LogP contribution in [0.4, 0.5) is 0 Å². The molecule has 0 aliphatic carbocycles. The van der Waals surface area contributed by atoms with E-state index >= 15 is 0 Å². The molecule has 2 unspecified atom stereocenters. The van der Waals surface area contributed by atoms with Gasteiger partial charge >= 0.3 is 0 Å². The molecule has 102 valence electrons. The first-order valence-corrected chi connectivity index (χ1v) is 7.04. The summed E-state index contributed by atoms with van der Waals surface area (Å²) in [6.45, 7) is 4.51. The van der Waals surface area contributed by atoms with Crippen LogP contribution in [-0.4, -0.2) is 16.8 Å². The first kappa shape index (κ1) is 13.8. The number of rotatable bonds is 6. The van der Waals surface area contributed by atoms with Crippen LogP contribution >= 0.6 is 0 Å². The number of hydrogen-bond donors (Lipinski definition) is 1. The summed E-state index contributed by atoms with van der Waals surface area (Å²) in [7, 11) is 2.01. The predicted octanol–water partition coefficient (Wildman–Crippen LogP) is 3.57. The van der Waals surface area contributed by atoms with Gasteiger partial charge in [-0.05, 0) is 37.6 Å². The average molecular weight is 257 g/mol. The Morgan fingerprint density at radius 3 is 2.58 bits per heavy atom. The van der Waals surface area contributed by atoms with Crippen molar-refractivity contribution >= 4 is 0 Å². The van der Waals surface area contributed by atoms with Crippen LogP contribution in [0.3, 0.4) is 0 Å². The van der Waals surface area contributed by atoms with Gasteiger partial charge < -0.3 is 5.32 Å². The van der Waals surface area contributed by atoms with Crippen molar-refractivity contribution in [1.82, 2.24) is 15.1 Å². The Bertz CT molecular complexity index is 490. The zero-order valence-electron chi connectivity index (χ0n) is 12.0. The summed E-state index contributed by atoms with van der Waals surface area (Å²) in [4.78, 5) is 0. The van der Waals surface area contributed by atoms with Gasteiger partial charge in [0.25, 0.3) is 0 Å². The highest BCUT2D eigenvalue weighted by atomic mass is 15.3. The van der Waals surface area contributed by atoms with E-state index in [-0.39, 0.29) is 0 Å². The molecule has 0 aliphatic heterocycles. The minimum atomic E-state index is 0.324. The molecule has 0 saturated heterocycles. The van der Waals surface area contributed by atoms with Crippen molar-refractivity contribution in [1.29, 1.82) is 0 Å². The number of nitrogens with zero attached hydrogens (tertiary/aromatic N) is 2. The van der Waals surface area contributed by atoms with Crippen LogP contribution in [0.2, 0.25) is 0 Å². The largest absolute Gasteiger partial charge is 0.311 e. The van der Waals surface area contributed by atoms with Crippen LogP contribution < -0.4 is 5.32 Å². The number of benzene rings is 1. The fourth-order valence-electron chi connectivity index (χ4n) is 2.57. The Hall–Kier alpha value is -1.61. The van der Waals surface area contributed by atoms with Crippen molar-refractivity contribution in [3.63, 3.8) is 0 Å². The first-order valence-electron chi connectivity index (χ1n) is 7.04. The molecule has 2 rings (SSSR count). The fourth-order valence-corrected chi connectivity index (χ4v) is 2.57. The smallest absolute Gasteiger partial charge is 0.0801 e. The van der Waals surface area contributed by atoms with E-state index in [2.05, 4.69) is 37.4 Å². The molecule has 0 fully saturated rings. The first-order chi connectivity index (χ1) is 9.26. The Kier molecular flexibility index (Phi) is 4.74. The van der Waals surface area contributed by atoms with Crippen LogP contribution in [0.5, 0.6) is 0 Å². The SMILES string of the molecule is CCCC(C)C(NC)c1ccn(-c2ccccc2)n1. The van der Waals surface area contributed by atoms with Crippen molar-refractivity contribution in [3.8, 4) is 5.69 Å². The van der Waals surface area contributed by atoms with Gasteiger partial charge in [0.1, 0.15) is 0 Å². The summed E-state index contributed by atoms with van der Waals surface area (Å²) in [5, 5.41) is 8.10. The van der Waals surface area contributed by atoms with Crippen molar-refractivity contribution in [3.05, 3.63) is 48.3 Å². The number of hydrogen-bond acceptors (Lipinski definition) is 2. The highest BCUT2D eigenvalue weighted by Gasteiger charge is 2.19. The van der Waals surface area contributed by atoms with Crippen LogP contribution in [-0.2, 0) is 0 Å². The second-order valence-corrected chi connectivity index (χ2v) is 5.05. The van der Waals surface area contributed by atoms with E-state index in [4.69, 9.17) is 5.10 Å². The van der Waals surface area contributed by atoms with Crippen molar-refractivity contribution in [2.75, 3.05) is 7.05 Å². The van der Waals surface area contributed by atoms with Crippen molar-refractivity contribution < 1.29 is 0 Å². The van der Waals surface area contributed by atoms with Gasteiger partial charge in [-0.2, -0.15) is 5.10 Å². The van der Waals surface area contributed by atoms with Gasteiger partial charge in [-0.25, -0.2) is 4.68 Å². The van der Waals surface area contributed by atoms with E-state index in [0.29, 0.717) is 12.0 Å². The van der Waals surface area contributed by atoms with E-state index in [1.807, 2.05) is 36.1 Å². The molecule has 0 saturated carbocycles. The van der Waals surface area contributed by atoms with Gasteiger partial charge in [0.15, 0.2) is 0 Å². The Labute approximate surface area is 115 Å². The molecule has 19 heavy (non-hydrogen) atoms. The molecular formula is C16H23N3. The molecule has 0 amide bonds. The molecular weight excluding hydrogens is 234 g/mol. The van der Waals surface area contributed by atoms with Crippen LogP contribution in [0.15, 0.2) is 42.6 Å². The lowest BCUT2D eigenvalue weighted by Crippen LogP contribution is -2.24. The van der Waals surface area contributed by atoms with E-state index in [9.17, 15) is 0 Å². The van der Waals surface area contributed by atoms with Gasteiger partial charge in [-0.1, -0.05) is 38.5 Å². The molecule has 0 aliphatic rings. The van der Waals surface area contributed by atoms with Crippen LogP contribution in [0.1, 0.15) is 38.4 Å². The van der Waals surface area contributed by atoms with Gasteiger partial charge in [-0.15, -0.1) is 0 Å². The minimum absolute atomic E-state index is 0.324. The zero-order chi connectivity index (χ0) is 13.7. The predicted molar refractivity (Wildman–Crippen MR) is 79.4 cm³/mol. The summed E-state index contributed by atoms with van der Waals surface area (Å²) in [6, 6.07) is 12.7. The molecule has 1 aromatic carbocycles. The third-order valence-corrected chi connectivity index (χ3v) is 3.57. The molecule has 0 spiro atoms. The summed E-state index contributed by atoms with van der Waals surface area (Å²) in [5.74, 6) is 0.592. The minimum Gasteiger partial charge on any atom is -0.311 e. The maximum Gasteiger partial charge on any atom is 0.0801 e. The lowest BCUT2D eigenvalue weighted by Gasteiger charge is -2.21. The summed E-state index contributed by atoms with van der Waals surface area (Å²) < 4.78 is 1.94. The van der Waals surface area contributed by atoms with Gasteiger partial charge in [0.05, 0.1) is 17.4 Å². The Morgan fingerprint density at radius 2 is 1.95 bits per heavy atom. The van der Waals surface area contributed by atoms with E-state index in [1.54, 1.807) is 0 Å². The van der Waals surface area contributed by atoms with E-state index < -0.39 is 0 Å². The molecule has 0 bridgehead atoms. The monoisotopic (exact) mass is 257 g/mol. The normalized spacial score (nSPS) is 14.3. The lowest BCUT2D eigenvalue weighted by atomic mass is 9.95. The molecule has 0 radical (unpaired) electrons. The lowest BCUT2D eigenvalue weighted by molar-refractivity contribution is 0.375. The van der Waals surface area contributed by atoms with Crippen LogP contribution in [0.25, 0.3) is 5.69 Å². The molecule has 2 atom stereocenters. The van der Waals surface area contributed by atoms with Crippen LogP contribution in [0, 0.1) is 5.92 Å². The second kappa shape index (κ2) is 6.53. The molecule has 2 aromatic rings. The molecule has 1 heterocycles. The average Bonchev–Trinajstić information content (AvgIpc) is 2.90. The molecule has 3 nitrogen and oxygen atoms in total. The maximum atomic E-state index is 4.71. The molecule has 3 heteroatoms. The Morgan fingerprint density at radius 1 is 1.21 bits per heavy atom. The van der Waals surface area contributed by atoms with E-state index in [0.717, 1.165) is 11.4 Å². The van der Waals surface area contributed by atoms with Gasteiger partial charge in [-0.3, -0.25) is 0 Å². The highest BCUT2D eigenvalue weighted by molar-refractivity contribution is 5.30. The van der Waals surface area contributed by atoms with Crippen molar-refractivity contribution in [2.45, 2.75) is 32.7 Å². The number of para-hydroxylation sites is 1. The Balaban J connectivity index is 2.20. The third-order valence-electron chi connectivity index (χ3n) is 3.57. The third kappa shape index (κ3) is 3.24. The summed E-state index contributed by atoms with van der Waals surface area (Å²) in [5.41, 5.74) is 2.22. The summed E-state index contributed by atoms with van der Waals surface area (Å²) in [6.07, 6.45) is 4.45. The number of nitrogens with one attached hydrogen (secondary N) is 1. The topological polar surface area (TPSA) is 29.9 Å². The van der Waals surface area contributed by atoms with Gasteiger partial charge in [0, 0.05) is 6.20 Å². The summed E-state index contributed by atoms with van der Waals surface area (Å²) >= 11 is 0. The maximum absolute atomic E-state index is 4.71. The van der Waals surface area contributed by atoms with Gasteiger partial charge in [0.2, 0.25) is 0 Å².